The highest BCUT2D eigenvalue weighted by Crippen LogP contribution is 2.15. The second-order valence-electron chi connectivity index (χ2n) is 8.08. The van der Waals surface area contributed by atoms with Gasteiger partial charge in [0.25, 0.3) is 0 Å². The van der Waals surface area contributed by atoms with Crippen LogP contribution in [0.5, 0.6) is 0 Å². The highest BCUT2D eigenvalue weighted by Gasteiger charge is 2.21. The molecule has 1 saturated heterocycles. The van der Waals surface area contributed by atoms with E-state index in [-0.39, 0.29) is 11.9 Å². The lowest BCUT2D eigenvalue weighted by molar-refractivity contribution is -0.118. The number of carbonyl (C=O) groups excluding carboxylic acids is 1. The topological polar surface area (TPSA) is 44.8 Å². The predicted molar refractivity (Wildman–Crippen MR) is 118 cm³/mol. The highest BCUT2D eigenvalue weighted by atomic mass is 16.5. The minimum Gasteiger partial charge on any atom is -0.379 e. The fourth-order valence-electron chi connectivity index (χ4n) is 3.89. The lowest BCUT2D eigenvalue weighted by Crippen LogP contribution is -2.47. The third-order valence-corrected chi connectivity index (χ3v) is 5.33. The molecule has 1 aliphatic heterocycles. The summed E-state index contributed by atoms with van der Waals surface area (Å²) in [7, 11) is 0. The van der Waals surface area contributed by atoms with Gasteiger partial charge < -0.3 is 10.1 Å². The van der Waals surface area contributed by atoms with Crippen LogP contribution in [-0.2, 0) is 16.1 Å². The van der Waals surface area contributed by atoms with E-state index in [1.807, 2.05) is 18.2 Å². The second-order valence-corrected chi connectivity index (χ2v) is 8.08. The number of ether oxygens (including phenoxy) is 1. The number of nitrogens with one attached hydrogen (secondary N) is 1. The number of hydrogen-bond acceptors (Lipinski definition) is 4. The van der Waals surface area contributed by atoms with Gasteiger partial charge in [0.05, 0.1) is 19.8 Å². The average molecular weight is 396 g/mol. The van der Waals surface area contributed by atoms with Crippen molar-refractivity contribution in [2.75, 3.05) is 44.7 Å². The lowest BCUT2D eigenvalue weighted by atomic mass is 10.1. The number of hydrogen-bond donors (Lipinski definition) is 1. The molecule has 0 spiro atoms. The van der Waals surface area contributed by atoms with Crippen molar-refractivity contribution in [1.82, 2.24) is 9.80 Å². The molecular weight excluding hydrogens is 362 g/mol. The van der Waals surface area contributed by atoms with Crippen LogP contribution in [0.3, 0.4) is 0 Å². The first-order valence-electron chi connectivity index (χ1n) is 10.5. The Morgan fingerprint density at radius 2 is 1.76 bits per heavy atom. The first-order chi connectivity index (χ1) is 14.0. The number of amides is 1. The zero-order chi connectivity index (χ0) is 20.6. The summed E-state index contributed by atoms with van der Waals surface area (Å²) in [5.41, 5.74) is 4.40. The summed E-state index contributed by atoms with van der Waals surface area (Å²) in [6.07, 6.45) is 0. The van der Waals surface area contributed by atoms with Crippen LogP contribution in [0, 0.1) is 13.8 Å². The van der Waals surface area contributed by atoms with Crippen molar-refractivity contribution in [3.05, 3.63) is 65.2 Å². The highest BCUT2D eigenvalue weighted by molar-refractivity contribution is 5.92. The van der Waals surface area contributed by atoms with Crippen LogP contribution in [0.1, 0.15) is 23.6 Å². The predicted octanol–water partition coefficient (Wildman–Crippen LogP) is 3.46. The molecule has 1 heterocycles. The Morgan fingerprint density at radius 3 is 2.41 bits per heavy atom. The molecule has 0 saturated carbocycles. The van der Waals surface area contributed by atoms with E-state index in [9.17, 15) is 4.79 Å². The van der Waals surface area contributed by atoms with Gasteiger partial charge in [0, 0.05) is 37.9 Å². The second kappa shape index (κ2) is 10.5. The summed E-state index contributed by atoms with van der Waals surface area (Å²) >= 11 is 0. The van der Waals surface area contributed by atoms with Gasteiger partial charge in [-0.25, -0.2) is 0 Å². The van der Waals surface area contributed by atoms with Crippen LogP contribution in [0.2, 0.25) is 0 Å². The molecule has 156 valence electrons. The van der Waals surface area contributed by atoms with E-state index in [2.05, 4.69) is 66.2 Å². The van der Waals surface area contributed by atoms with Gasteiger partial charge in [-0.05, 0) is 49.6 Å². The number of rotatable bonds is 8. The number of carbonyl (C=O) groups is 1. The molecule has 2 aromatic rings. The fourth-order valence-corrected chi connectivity index (χ4v) is 3.89. The molecule has 1 N–H and O–H groups in total. The monoisotopic (exact) mass is 395 g/mol. The van der Waals surface area contributed by atoms with Crippen molar-refractivity contribution in [3.8, 4) is 0 Å². The molecule has 0 aliphatic carbocycles. The molecule has 1 atom stereocenters. The Hall–Kier alpha value is -2.21. The Balaban J connectivity index is 1.66. The van der Waals surface area contributed by atoms with Crippen molar-refractivity contribution in [1.29, 1.82) is 0 Å². The van der Waals surface area contributed by atoms with Crippen LogP contribution < -0.4 is 5.32 Å². The SMILES string of the molecule is Cc1cc(C)cc(NC(=O)CN(Cc2ccccc2)C(C)CN2CCOCC2)c1. The smallest absolute Gasteiger partial charge is 0.238 e. The standard InChI is InChI=1S/C24H33N3O2/c1-19-13-20(2)15-23(14-19)25-24(28)18-27(17-22-7-5-4-6-8-22)21(3)16-26-9-11-29-12-10-26/h4-8,13-15,21H,9-12,16-18H2,1-3H3,(H,25,28). The Kier molecular flexibility index (Phi) is 7.81. The van der Waals surface area contributed by atoms with Crippen LogP contribution in [0.25, 0.3) is 0 Å². The van der Waals surface area contributed by atoms with Gasteiger partial charge in [-0.2, -0.15) is 0 Å². The number of aryl methyl sites for hydroxylation is 2. The summed E-state index contributed by atoms with van der Waals surface area (Å²) < 4.78 is 5.47. The first-order valence-corrected chi connectivity index (χ1v) is 10.5. The number of nitrogens with zero attached hydrogens (tertiary/aromatic N) is 2. The summed E-state index contributed by atoms with van der Waals surface area (Å²) in [5.74, 6) is 0.0276. The summed E-state index contributed by atoms with van der Waals surface area (Å²) in [4.78, 5) is 17.5. The molecule has 1 aliphatic rings. The largest absolute Gasteiger partial charge is 0.379 e. The Bertz CT molecular complexity index is 768. The molecule has 29 heavy (non-hydrogen) atoms. The van der Waals surface area contributed by atoms with Crippen LogP contribution in [0.4, 0.5) is 5.69 Å². The van der Waals surface area contributed by atoms with Crippen molar-refractivity contribution >= 4 is 11.6 Å². The molecule has 0 aromatic heterocycles. The normalized spacial score (nSPS) is 16.0. The maximum atomic E-state index is 12.8. The summed E-state index contributed by atoms with van der Waals surface area (Å²) in [6, 6.07) is 16.8. The molecule has 1 unspecified atom stereocenters. The van der Waals surface area contributed by atoms with Crippen LogP contribution in [-0.4, -0.2) is 61.1 Å². The first kappa shape index (κ1) is 21.5. The van der Waals surface area contributed by atoms with Gasteiger partial charge in [-0.3, -0.25) is 14.6 Å². The quantitative estimate of drug-likeness (QED) is 0.743. The molecule has 1 fully saturated rings. The van der Waals surface area contributed by atoms with Crippen LogP contribution >= 0.6 is 0 Å². The van der Waals surface area contributed by atoms with E-state index in [0.717, 1.165) is 56.2 Å². The summed E-state index contributed by atoms with van der Waals surface area (Å²) in [6.45, 7) is 11.9. The number of anilines is 1. The molecule has 0 radical (unpaired) electrons. The van der Waals surface area contributed by atoms with Gasteiger partial charge in [-0.15, -0.1) is 0 Å². The molecule has 5 heteroatoms. The third kappa shape index (κ3) is 6.96. The number of morpholine rings is 1. The van der Waals surface area contributed by atoms with E-state index in [1.54, 1.807) is 0 Å². The molecular formula is C24H33N3O2. The molecule has 1 amide bonds. The van der Waals surface area contributed by atoms with E-state index in [4.69, 9.17) is 4.74 Å². The van der Waals surface area contributed by atoms with Gasteiger partial charge in [0.15, 0.2) is 0 Å². The Labute approximate surface area is 174 Å². The van der Waals surface area contributed by atoms with E-state index in [0.29, 0.717) is 6.54 Å². The molecule has 0 bridgehead atoms. The lowest BCUT2D eigenvalue weighted by Gasteiger charge is -2.34. The molecule has 3 rings (SSSR count). The van der Waals surface area contributed by atoms with Crippen LogP contribution in [0.15, 0.2) is 48.5 Å². The zero-order valence-corrected chi connectivity index (χ0v) is 17.9. The van der Waals surface area contributed by atoms with Crippen molar-refractivity contribution in [3.63, 3.8) is 0 Å². The van der Waals surface area contributed by atoms with Gasteiger partial charge in [0.1, 0.15) is 0 Å². The van der Waals surface area contributed by atoms with Crippen molar-refractivity contribution in [2.45, 2.75) is 33.4 Å². The van der Waals surface area contributed by atoms with E-state index in [1.165, 1.54) is 5.56 Å². The maximum absolute atomic E-state index is 12.8. The zero-order valence-electron chi connectivity index (χ0n) is 17.9. The molecule has 5 nitrogen and oxygen atoms in total. The average Bonchev–Trinajstić information content (AvgIpc) is 2.68. The van der Waals surface area contributed by atoms with E-state index < -0.39 is 0 Å². The van der Waals surface area contributed by atoms with E-state index >= 15 is 0 Å². The summed E-state index contributed by atoms with van der Waals surface area (Å²) in [5, 5.41) is 3.08. The fraction of sp³-hybridized carbons (Fsp3) is 0.458. The Morgan fingerprint density at radius 1 is 1.10 bits per heavy atom. The minimum absolute atomic E-state index is 0.0276. The third-order valence-electron chi connectivity index (χ3n) is 5.33. The number of benzene rings is 2. The van der Waals surface area contributed by atoms with Gasteiger partial charge >= 0.3 is 0 Å². The molecule has 2 aromatic carbocycles. The maximum Gasteiger partial charge on any atom is 0.238 e. The minimum atomic E-state index is 0.0276. The van der Waals surface area contributed by atoms with Crippen molar-refractivity contribution in [2.24, 2.45) is 0 Å². The van der Waals surface area contributed by atoms with Gasteiger partial charge in [-0.1, -0.05) is 36.4 Å². The van der Waals surface area contributed by atoms with Gasteiger partial charge in [0.2, 0.25) is 5.91 Å². The van der Waals surface area contributed by atoms with Crippen molar-refractivity contribution < 1.29 is 9.53 Å².